The fourth-order valence-electron chi connectivity index (χ4n) is 1.37. The van der Waals surface area contributed by atoms with E-state index in [4.69, 9.17) is 0 Å². The summed E-state index contributed by atoms with van der Waals surface area (Å²) < 4.78 is 44.0. The maximum absolute atomic E-state index is 12.2. The minimum Gasteiger partial charge on any atom is -0.405 e. The molecule has 0 aliphatic heterocycles. The number of ether oxygens (including phenoxy) is 1. The average Bonchev–Trinajstić information content (AvgIpc) is 2.80. The number of rotatable bonds is 3. The zero-order chi connectivity index (χ0) is 13.2. The Morgan fingerprint density at radius 1 is 1.28 bits per heavy atom. The lowest BCUT2D eigenvalue weighted by Gasteiger charge is -2.15. The lowest BCUT2D eigenvalue weighted by atomic mass is 10.1. The summed E-state index contributed by atoms with van der Waals surface area (Å²) in [6, 6.07) is 5.39. The Hall–Kier alpha value is -1.67. The maximum Gasteiger partial charge on any atom is 0.573 e. The van der Waals surface area contributed by atoms with E-state index in [2.05, 4.69) is 14.3 Å². The summed E-state index contributed by atoms with van der Waals surface area (Å²) in [4.78, 5) is 0.341. The van der Waals surface area contributed by atoms with Crippen molar-refractivity contribution < 1.29 is 23.0 Å². The lowest BCUT2D eigenvalue weighted by molar-refractivity contribution is -0.275. The second-order valence-electron chi connectivity index (χ2n) is 3.31. The van der Waals surface area contributed by atoms with E-state index < -0.39 is 18.2 Å². The molecule has 0 aliphatic carbocycles. The van der Waals surface area contributed by atoms with Gasteiger partial charge < -0.3 is 9.84 Å². The van der Waals surface area contributed by atoms with Crippen LogP contribution in [0.2, 0.25) is 0 Å². The monoisotopic (exact) mass is 276 g/mol. The van der Waals surface area contributed by atoms with Gasteiger partial charge in [0.25, 0.3) is 0 Å². The standard InChI is InChI=1S/C10H7F3N2O2S/c11-10(12,13)17-7-4-2-1-3-6(7)9(16)8-5-14-15-18-8/h1-5,9,16H. The number of benzene rings is 1. The van der Waals surface area contributed by atoms with Gasteiger partial charge in [0, 0.05) is 5.56 Å². The third-order valence-electron chi connectivity index (χ3n) is 2.09. The largest absolute Gasteiger partial charge is 0.573 e. The molecule has 0 saturated carbocycles. The molecule has 18 heavy (non-hydrogen) atoms. The molecule has 0 fully saturated rings. The number of alkyl halides is 3. The molecule has 0 amide bonds. The van der Waals surface area contributed by atoms with Gasteiger partial charge in [0.05, 0.1) is 11.1 Å². The zero-order valence-corrected chi connectivity index (χ0v) is 9.57. The molecule has 2 rings (SSSR count). The van der Waals surface area contributed by atoms with Gasteiger partial charge in [-0.05, 0) is 17.6 Å². The Kier molecular flexibility index (Phi) is 3.48. The number of nitrogens with zero attached hydrogens (tertiary/aromatic N) is 2. The van der Waals surface area contributed by atoms with Gasteiger partial charge in [-0.25, -0.2) is 0 Å². The van der Waals surface area contributed by atoms with E-state index in [0.717, 1.165) is 17.6 Å². The van der Waals surface area contributed by atoms with Crippen molar-refractivity contribution >= 4 is 11.5 Å². The molecule has 8 heteroatoms. The van der Waals surface area contributed by atoms with Crippen LogP contribution in [0.3, 0.4) is 0 Å². The van der Waals surface area contributed by atoms with Gasteiger partial charge in [0.1, 0.15) is 11.9 Å². The van der Waals surface area contributed by atoms with Crippen molar-refractivity contribution in [2.75, 3.05) is 0 Å². The van der Waals surface area contributed by atoms with Crippen LogP contribution in [0.4, 0.5) is 13.2 Å². The molecule has 0 aliphatic rings. The molecule has 96 valence electrons. The second kappa shape index (κ2) is 4.91. The van der Waals surface area contributed by atoms with Crippen molar-refractivity contribution in [3.8, 4) is 5.75 Å². The lowest BCUT2D eigenvalue weighted by Crippen LogP contribution is -2.18. The van der Waals surface area contributed by atoms with Crippen LogP contribution in [-0.4, -0.2) is 21.1 Å². The molecule has 1 aromatic carbocycles. The molecule has 0 saturated heterocycles. The van der Waals surface area contributed by atoms with Crippen molar-refractivity contribution in [3.05, 3.63) is 40.9 Å². The highest BCUT2D eigenvalue weighted by molar-refractivity contribution is 7.05. The summed E-state index contributed by atoms with van der Waals surface area (Å²) in [5, 5.41) is 13.5. The molecule has 0 spiro atoms. The first-order valence-corrected chi connectivity index (χ1v) is 5.55. The van der Waals surface area contributed by atoms with Crippen LogP contribution < -0.4 is 4.74 Å². The predicted molar refractivity (Wildman–Crippen MR) is 57.1 cm³/mol. The smallest absolute Gasteiger partial charge is 0.405 e. The van der Waals surface area contributed by atoms with Crippen molar-refractivity contribution in [2.24, 2.45) is 0 Å². The molecule has 2 aromatic rings. The van der Waals surface area contributed by atoms with Crippen LogP contribution >= 0.6 is 11.5 Å². The highest BCUT2D eigenvalue weighted by Gasteiger charge is 2.33. The summed E-state index contributed by atoms with van der Waals surface area (Å²) >= 11 is 0.905. The molecular formula is C10H7F3N2O2S. The van der Waals surface area contributed by atoms with E-state index >= 15 is 0 Å². The molecule has 0 radical (unpaired) electrons. The van der Waals surface area contributed by atoms with E-state index in [1.54, 1.807) is 0 Å². The Morgan fingerprint density at radius 2 is 2.00 bits per heavy atom. The highest BCUT2D eigenvalue weighted by atomic mass is 32.1. The summed E-state index contributed by atoms with van der Waals surface area (Å²) in [7, 11) is 0. The number of hydrogen-bond donors (Lipinski definition) is 1. The van der Waals surface area contributed by atoms with Crippen LogP contribution in [0.15, 0.2) is 30.5 Å². The van der Waals surface area contributed by atoms with Crippen molar-refractivity contribution in [1.29, 1.82) is 0 Å². The summed E-state index contributed by atoms with van der Waals surface area (Å²) in [6.07, 6.45) is -4.76. The summed E-state index contributed by atoms with van der Waals surface area (Å²) in [5.41, 5.74) is 0.0147. The third-order valence-corrected chi connectivity index (χ3v) is 2.80. The quantitative estimate of drug-likeness (QED) is 0.936. The van der Waals surface area contributed by atoms with Crippen LogP contribution in [0.25, 0.3) is 0 Å². The molecule has 4 nitrogen and oxygen atoms in total. The van der Waals surface area contributed by atoms with E-state index in [1.165, 1.54) is 24.4 Å². The van der Waals surface area contributed by atoms with Crippen LogP contribution in [0.1, 0.15) is 16.5 Å². The van der Waals surface area contributed by atoms with Crippen LogP contribution in [-0.2, 0) is 0 Å². The Balaban J connectivity index is 2.33. The minimum absolute atomic E-state index is 0.0147. The molecule has 1 atom stereocenters. The van der Waals surface area contributed by atoms with Crippen molar-refractivity contribution in [3.63, 3.8) is 0 Å². The van der Waals surface area contributed by atoms with Crippen LogP contribution in [0.5, 0.6) is 5.75 Å². The molecular weight excluding hydrogens is 269 g/mol. The Bertz CT molecular complexity index is 516. The number of halogens is 3. The van der Waals surface area contributed by atoms with Gasteiger partial charge in [-0.3, -0.25) is 0 Å². The summed E-state index contributed by atoms with van der Waals surface area (Å²) in [5.74, 6) is -0.439. The fraction of sp³-hybridized carbons (Fsp3) is 0.200. The molecule has 1 aromatic heterocycles. The number of aliphatic hydroxyl groups is 1. The van der Waals surface area contributed by atoms with Gasteiger partial charge in [0.15, 0.2) is 0 Å². The van der Waals surface area contributed by atoms with Gasteiger partial charge >= 0.3 is 6.36 Å². The highest BCUT2D eigenvalue weighted by Crippen LogP contribution is 2.33. The van der Waals surface area contributed by atoms with Gasteiger partial charge in [-0.2, -0.15) is 0 Å². The number of hydrogen-bond acceptors (Lipinski definition) is 5. The predicted octanol–water partition coefficient (Wildman–Crippen LogP) is 2.52. The minimum atomic E-state index is -4.80. The van der Waals surface area contributed by atoms with E-state index in [0.29, 0.717) is 4.88 Å². The van der Waals surface area contributed by atoms with Gasteiger partial charge in [-0.1, -0.05) is 22.7 Å². The molecule has 0 bridgehead atoms. The third kappa shape index (κ3) is 2.96. The van der Waals surface area contributed by atoms with Gasteiger partial charge in [-0.15, -0.1) is 18.3 Å². The van der Waals surface area contributed by atoms with Crippen molar-refractivity contribution in [1.82, 2.24) is 9.59 Å². The van der Waals surface area contributed by atoms with E-state index in [9.17, 15) is 18.3 Å². The first kappa shape index (κ1) is 12.8. The number of aliphatic hydroxyl groups excluding tert-OH is 1. The van der Waals surface area contributed by atoms with Crippen LogP contribution in [0, 0.1) is 0 Å². The molecule has 1 heterocycles. The maximum atomic E-state index is 12.2. The average molecular weight is 276 g/mol. The topological polar surface area (TPSA) is 55.2 Å². The normalized spacial score (nSPS) is 13.3. The Morgan fingerprint density at radius 3 is 2.61 bits per heavy atom. The Labute approximate surface area is 104 Å². The SMILES string of the molecule is OC(c1cnns1)c1ccccc1OC(F)(F)F. The molecule has 1 unspecified atom stereocenters. The summed E-state index contributed by atoms with van der Waals surface area (Å²) in [6.45, 7) is 0. The van der Waals surface area contributed by atoms with Gasteiger partial charge in [0.2, 0.25) is 0 Å². The fourth-order valence-corrected chi connectivity index (χ4v) is 1.88. The first-order chi connectivity index (χ1) is 8.47. The van der Waals surface area contributed by atoms with Crippen molar-refractivity contribution in [2.45, 2.75) is 12.5 Å². The first-order valence-electron chi connectivity index (χ1n) is 4.77. The number of para-hydroxylation sites is 1. The molecule has 1 N–H and O–H groups in total. The number of aromatic nitrogens is 2. The van der Waals surface area contributed by atoms with E-state index in [-0.39, 0.29) is 5.56 Å². The zero-order valence-electron chi connectivity index (χ0n) is 8.76. The second-order valence-corrected chi connectivity index (χ2v) is 4.13. The van der Waals surface area contributed by atoms with E-state index in [1.807, 2.05) is 0 Å².